The number of ether oxygens (including phenoxy) is 5. The summed E-state index contributed by atoms with van der Waals surface area (Å²) >= 11 is 0. The second kappa shape index (κ2) is 11.6. The van der Waals surface area contributed by atoms with Gasteiger partial charge in [0.25, 0.3) is 0 Å². The van der Waals surface area contributed by atoms with Crippen molar-refractivity contribution in [3.8, 4) is 0 Å². The van der Waals surface area contributed by atoms with Gasteiger partial charge in [-0.2, -0.15) is 0 Å². The minimum atomic E-state index is -1.87. The van der Waals surface area contributed by atoms with Crippen molar-refractivity contribution in [3.05, 3.63) is 0 Å². The van der Waals surface area contributed by atoms with Gasteiger partial charge in [0.2, 0.25) is 0 Å². The van der Waals surface area contributed by atoms with Crippen LogP contribution in [-0.4, -0.2) is 168 Å². The molecule has 3 saturated heterocycles. The van der Waals surface area contributed by atoms with Gasteiger partial charge in [-0.3, -0.25) is 0 Å². The average Bonchev–Trinajstić information content (AvgIpc) is 2.82. The molecular weight excluding hydrogens is 472 g/mol. The fourth-order valence-corrected chi connectivity index (χ4v) is 3.95. The Bertz CT molecular complexity index is 637. The molecule has 200 valence electrons. The third kappa shape index (κ3) is 5.52. The Balaban J connectivity index is 1.66. The van der Waals surface area contributed by atoms with Crippen LogP contribution in [0.1, 0.15) is 0 Å². The molecule has 3 aliphatic rings. The van der Waals surface area contributed by atoms with Gasteiger partial charge in [-0.15, -0.1) is 0 Å². The first kappa shape index (κ1) is 27.9. The minimum absolute atomic E-state index is 0.609. The summed E-state index contributed by atoms with van der Waals surface area (Å²) in [6.07, 6.45) is -24.9. The largest absolute Gasteiger partial charge is 0.394 e. The first-order valence-corrected chi connectivity index (χ1v) is 10.6. The van der Waals surface area contributed by atoms with Crippen molar-refractivity contribution >= 4 is 0 Å². The molecule has 0 aromatic carbocycles. The lowest BCUT2D eigenvalue weighted by Gasteiger charge is -2.45. The van der Waals surface area contributed by atoms with E-state index in [1.165, 1.54) is 0 Å². The number of aliphatic hydroxyl groups is 11. The molecule has 16 nitrogen and oxygen atoms in total. The first-order chi connectivity index (χ1) is 16.0. The van der Waals surface area contributed by atoms with Crippen LogP contribution in [0, 0.1) is 0 Å². The highest BCUT2D eigenvalue weighted by Gasteiger charge is 2.51. The van der Waals surface area contributed by atoms with Gasteiger partial charge in [0.15, 0.2) is 18.9 Å². The highest BCUT2D eigenvalue weighted by atomic mass is 16.7. The minimum Gasteiger partial charge on any atom is -0.394 e. The van der Waals surface area contributed by atoms with Gasteiger partial charge in [0, 0.05) is 0 Å². The molecule has 0 amide bonds. The maximum atomic E-state index is 10.3. The Kier molecular flexibility index (Phi) is 9.54. The lowest BCUT2D eigenvalue weighted by molar-refractivity contribution is -0.362. The Morgan fingerprint density at radius 3 is 1.62 bits per heavy atom. The number of hydrogen-bond donors (Lipinski definition) is 11. The van der Waals surface area contributed by atoms with Crippen LogP contribution in [0.15, 0.2) is 0 Å². The highest BCUT2D eigenvalue weighted by Crippen LogP contribution is 2.29. The average molecular weight is 504 g/mol. The second-order valence-corrected chi connectivity index (χ2v) is 8.37. The zero-order chi connectivity index (χ0) is 25.3. The van der Waals surface area contributed by atoms with Gasteiger partial charge in [-0.05, 0) is 0 Å². The molecular formula is C18H32O16. The van der Waals surface area contributed by atoms with Crippen molar-refractivity contribution < 1.29 is 79.9 Å². The van der Waals surface area contributed by atoms with Crippen LogP contribution < -0.4 is 0 Å². The van der Waals surface area contributed by atoms with Crippen LogP contribution in [0.4, 0.5) is 0 Å². The third-order valence-corrected chi connectivity index (χ3v) is 6.07. The molecule has 0 saturated carbocycles. The molecule has 11 N–H and O–H groups in total. The molecule has 0 radical (unpaired) electrons. The van der Waals surface area contributed by atoms with E-state index in [2.05, 4.69) is 0 Å². The van der Waals surface area contributed by atoms with Crippen LogP contribution in [0.25, 0.3) is 0 Å². The van der Waals surface area contributed by atoms with E-state index >= 15 is 0 Å². The van der Waals surface area contributed by atoms with Gasteiger partial charge in [-0.25, -0.2) is 0 Å². The van der Waals surface area contributed by atoms with Crippen molar-refractivity contribution in [1.82, 2.24) is 0 Å². The normalized spacial score (nSPS) is 52.5. The molecule has 16 heteroatoms. The zero-order valence-corrected chi connectivity index (χ0v) is 17.7. The van der Waals surface area contributed by atoms with E-state index in [-0.39, 0.29) is 0 Å². The Morgan fingerprint density at radius 1 is 0.500 bits per heavy atom. The summed E-state index contributed by atoms with van der Waals surface area (Å²) in [7, 11) is 0. The Hall–Kier alpha value is -0.640. The van der Waals surface area contributed by atoms with Crippen LogP contribution >= 0.6 is 0 Å². The Morgan fingerprint density at radius 2 is 1.03 bits per heavy atom. The van der Waals surface area contributed by atoms with E-state index in [4.69, 9.17) is 23.7 Å². The summed E-state index contributed by atoms with van der Waals surface area (Å²) in [5, 5.41) is 109. The van der Waals surface area contributed by atoms with Crippen LogP contribution in [0.5, 0.6) is 0 Å². The van der Waals surface area contributed by atoms with Crippen LogP contribution in [-0.2, 0) is 23.7 Å². The third-order valence-electron chi connectivity index (χ3n) is 6.07. The molecule has 3 heterocycles. The molecule has 0 aromatic rings. The standard InChI is InChI=1S/C18H32O16/c19-1-4-7(21)9(23)13(27)17(32-4)30-3-6-8(22)10(24)14(28)18(33-6)34-15-5(2-20)31-16(29)12(26)11(15)25/h4-29H,1-3H2/t4-,5-,6-,7+,8+,9+,10+,11-,12-,13-,14-,15-,16?,17?,18+/m1/s1. The molecule has 15 atom stereocenters. The monoisotopic (exact) mass is 504 g/mol. The van der Waals surface area contributed by atoms with Crippen molar-refractivity contribution in [1.29, 1.82) is 0 Å². The first-order valence-electron chi connectivity index (χ1n) is 10.6. The van der Waals surface area contributed by atoms with E-state index in [0.717, 1.165) is 0 Å². The fraction of sp³-hybridized carbons (Fsp3) is 1.00. The van der Waals surface area contributed by atoms with Crippen molar-refractivity contribution in [2.45, 2.75) is 92.1 Å². The van der Waals surface area contributed by atoms with Crippen molar-refractivity contribution in [2.24, 2.45) is 0 Å². The second-order valence-electron chi connectivity index (χ2n) is 8.37. The summed E-state index contributed by atoms with van der Waals surface area (Å²) in [5.41, 5.74) is 0. The number of rotatable bonds is 7. The van der Waals surface area contributed by atoms with Gasteiger partial charge in [0.1, 0.15) is 73.2 Å². The Labute approximate surface area is 192 Å². The lowest BCUT2D eigenvalue weighted by atomic mass is 9.97. The number of aliphatic hydroxyl groups excluding tert-OH is 11. The summed E-state index contributed by atoms with van der Waals surface area (Å²) in [6.45, 7) is -2.07. The molecule has 3 rings (SSSR count). The summed E-state index contributed by atoms with van der Waals surface area (Å²) in [4.78, 5) is 0. The van der Waals surface area contributed by atoms with E-state index in [1.807, 2.05) is 0 Å². The quantitative estimate of drug-likeness (QED) is 0.154. The maximum absolute atomic E-state index is 10.3. The molecule has 0 bridgehead atoms. The van der Waals surface area contributed by atoms with Gasteiger partial charge < -0.3 is 79.9 Å². The van der Waals surface area contributed by atoms with Gasteiger partial charge in [0.05, 0.1) is 19.8 Å². The predicted octanol–water partition coefficient (Wildman–Crippen LogP) is -7.57. The van der Waals surface area contributed by atoms with E-state index in [0.29, 0.717) is 0 Å². The SMILES string of the molecule is OC[C@H]1OC(OC[C@H]2O[C@@H](O[C@H]3[C@H](O)[C@@H](O)C(O)O[C@@H]3CO)[C@H](O)[C@@H](O)[C@H]2O)[C@H](O)[C@@H](O)[C@H]1O. The summed E-state index contributed by atoms with van der Waals surface area (Å²) in [6, 6.07) is 0. The van der Waals surface area contributed by atoms with E-state index in [1.54, 1.807) is 0 Å². The topological polar surface area (TPSA) is 269 Å². The zero-order valence-electron chi connectivity index (χ0n) is 17.7. The van der Waals surface area contributed by atoms with Gasteiger partial charge in [-0.1, -0.05) is 0 Å². The highest BCUT2D eigenvalue weighted by molar-refractivity contribution is 4.94. The van der Waals surface area contributed by atoms with Crippen molar-refractivity contribution in [3.63, 3.8) is 0 Å². The van der Waals surface area contributed by atoms with E-state index < -0.39 is 112 Å². The molecule has 3 fully saturated rings. The van der Waals surface area contributed by atoms with Crippen LogP contribution in [0.2, 0.25) is 0 Å². The van der Waals surface area contributed by atoms with Gasteiger partial charge >= 0.3 is 0 Å². The summed E-state index contributed by atoms with van der Waals surface area (Å²) < 4.78 is 26.3. The molecule has 0 spiro atoms. The molecule has 3 aliphatic heterocycles. The maximum Gasteiger partial charge on any atom is 0.187 e. The lowest BCUT2D eigenvalue weighted by Crippen LogP contribution is -2.65. The predicted molar refractivity (Wildman–Crippen MR) is 101 cm³/mol. The molecule has 2 unspecified atom stereocenters. The fourth-order valence-electron chi connectivity index (χ4n) is 3.95. The van der Waals surface area contributed by atoms with Crippen molar-refractivity contribution in [2.75, 3.05) is 19.8 Å². The summed E-state index contributed by atoms with van der Waals surface area (Å²) in [5.74, 6) is 0. The van der Waals surface area contributed by atoms with Crippen LogP contribution in [0.3, 0.4) is 0 Å². The number of hydrogen-bond acceptors (Lipinski definition) is 16. The molecule has 0 aliphatic carbocycles. The smallest absolute Gasteiger partial charge is 0.187 e. The molecule has 34 heavy (non-hydrogen) atoms. The van der Waals surface area contributed by atoms with E-state index in [9.17, 15) is 56.2 Å². The molecule has 0 aromatic heterocycles.